The van der Waals surface area contributed by atoms with Crippen molar-refractivity contribution in [2.24, 2.45) is 0 Å². The first-order chi connectivity index (χ1) is 7.15. The Hall–Kier alpha value is -1.22. The van der Waals surface area contributed by atoms with Crippen molar-refractivity contribution in [3.8, 4) is 5.75 Å². The van der Waals surface area contributed by atoms with E-state index in [-0.39, 0.29) is 0 Å². The smallest absolute Gasteiger partial charge is 0.129 e. The fraction of sp³-hybridized carbons (Fsp3) is 0.500. The van der Waals surface area contributed by atoms with Crippen molar-refractivity contribution in [1.82, 2.24) is 0 Å². The fourth-order valence-electron chi connectivity index (χ4n) is 2.20. The predicted octanol–water partition coefficient (Wildman–Crippen LogP) is 1.74. The highest BCUT2D eigenvalue weighted by molar-refractivity contribution is 5.65. The largest absolute Gasteiger partial charge is 0.496 e. The van der Waals surface area contributed by atoms with Gasteiger partial charge in [0.1, 0.15) is 5.75 Å². The highest BCUT2D eigenvalue weighted by Crippen LogP contribution is 2.38. The lowest BCUT2D eigenvalue weighted by Gasteiger charge is -2.17. The Bertz CT molecular complexity index is 374. The number of ether oxygens (including phenoxy) is 1. The van der Waals surface area contributed by atoms with Crippen molar-refractivity contribution in [3.63, 3.8) is 0 Å². The maximum atomic E-state index is 9.64. The van der Waals surface area contributed by atoms with Crippen LogP contribution < -0.4 is 9.64 Å². The molecule has 15 heavy (non-hydrogen) atoms. The maximum absolute atomic E-state index is 9.64. The molecule has 0 amide bonds. The van der Waals surface area contributed by atoms with Gasteiger partial charge in [-0.25, -0.2) is 0 Å². The molecule has 0 bridgehead atoms. The molecular weight excluding hydrogens is 190 g/mol. The molecule has 82 valence electrons. The molecule has 0 radical (unpaired) electrons. The van der Waals surface area contributed by atoms with Gasteiger partial charge < -0.3 is 14.7 Å². The van der Waals surface area contributed by atoms with Crippen LogP contribution in [0.1, 0.15) is 24.2 Å². The third-order valence-electron chi connectivity index (χ3n) is 3.03. The first-order valence-corrected chi connectivity index (χ1v) is 5.24. The standard InChI is InChI=1S/C12H17NO2/c1-8(14)9-4-5-11-10(12(9)15-3)6-7-13(11)2/h4-5,8,14H,6-7H2,1-3H3. The van der Waals surface area contributed by atoms with Crippen molar-refractivity contribution in [3.05, 3.63) is 23.3 Å². The maximum Gasteiger partial charge on any atom is 0.129 e. The van der Waals surface area contributed by atoms with Gasteiger partial charge in [0.2, 0.25) is 0 Å². The number of anilines is 1. The van der Waals surface area contributed by atoms with Gasteiger partial charge in [-0.3, -0.25) is 0 Å². The number of likely N-dealkylation sites (N-methyl/N-ethyl adjacent to an activating group) is 1. The van der Waals surface area contributed by atoms with Crippen molar-refractivity contribution in [1.29, 1.82) is 0 Å². The van der Waals surface area contributed by atoms with E-state index in [4.69, 9.17) is 4.74 Å². The number of methoxy groups -OCH3 is 1. The lowest BCUT2D eigenvalue weighted by molar-refractivity contribution is 0.194. The minimum atomic E-state index is -0.476. The normalized spacial score (nSPS) is 16.4. The second kappa shape index (κ2) is 3.74. The Balaban J connectivity index is 2.55. The molecule has 0 spiro atoms. The monoisotopic (exact) mass is 207 g/mol. The van der Waals surface area contributed by atoms with E-state index in [0.717, 1.165) is 24.3 Å². The molecule has 1 aromatic rings. The first-order valence-electron chi connectivity index (χ1n) is 5.24. The lowest BCUT2D eigenvalue weighted by Crippen LogP contribution is -2.12. The van der Waals surface area contributed by atoms with Gasteiger partial charge in [0.05, 0.1) is 13.2 Å². The Morgan fingerprint density at radius 3 is 2.80 bits per heavy atom. The van der Waals surface area contributed by atoms with Crippen molar-refractivity contribution in [2.75, 3.05) is 25.6 Å². The Labute approximate surface area is 90.3 Å². The van der Waals surface area contributed by atoms with Gasteiger partial charge in [-0.15, -0.1) is 0 Å². The SMILES string of the molecule is COc1c(C(C)O)ccc2c1CCN2C. The Morgan fingerprint density at radius 1 is 1.47 bits per heavy atom. The number of aliphatic hydroxyl groups excluding tert-OH is 1. The molecule has 0 aliphatic carbocycles. The number of benzene rings is 1. The van der Waals surface area contributed by atoms with Crippen LogP contribution in [-0.4, -0.2) is 25.8 Å². The summed E-state index contributed by atoms with van der Waals surface area (Å²) < 4.78 is 5.41. The van der Waals surface area contributed by atoms with E-state index in [0.29, 0.717) is 0 Å². The molecule has 1 atom stereocenters. The van der Waals surface area contributed by atoms with Crippen LogP contribution in [0.25, 0.3) is 0 Å². The zero-order valence-electron chi connectivity index (χ0n) is 9.45. The van der Waals surface area contributed by atoms with E-state index in [2.05, 4.69) is 18.0 Å². The summed E-state index contributed by atoms with van der Waals surface area (Å²) in [5.74, 6) is 0.854. The average molecular weight is 207 g/mol. The summed E-state index contributed by atoms with van der Waals surface area (Å²) in [6.07, 6.45) is 0.520. The van der Waals surface area contributed by atoms with Crippen molar-refractivity contribution >= 4 is 5.69 Å². The summed E-state index contributed by atoms with van der Waals surface area (Å²) >= 11 is 0. The minimum absolute atomic E-state index is 0.476. The molecule has 1 aromatic carbocycles. The summed E-state index contributed by atoms with van der Waals surface area (Å²) in [7, 11) is 3.74. The molecule has 0 fully saturated rings. The van der Waals surface area contributed by atoms with Gasteiger partial charge in [0, 0.05) is 30.4 Å². The average Bonchev–Trinajstić information content (AvgIpc) is 2.59. The Kier molecular flexibility index (Phi) is 2.57. The predicted molar refractivity (Wildman–Crippen MR) is 60.6 cm³/mol. The molecule has 0 aromatic heterocycles. The summed E-state index contributed by atoms with van der Waals surface area (Å²) in [5.41, 5.74) is 3.32. The zero-order valence-corrected chi connectivity index (χ0v) is 9.45. The molecule has 3 heteroatoms. The van der Waals surface area contributed by atoms with Gasteiger partial charge in [-0.05, 0) is 19.4 Å². The second-order valence-corrected chi connectivity index (χ2v) is 4.03. The van der Waals surface area contributed by atoms with E-state index in [1.807, 2.05) is 6.07 Å². The van der Waals surface area contributed by atoms with E-state index < -0.39 is 6.10 Å². The molecule has 1 aliphatic heterocycles. The molecule has 1 aliphatic rings. The van der Waals surface area contributed by atoms with E-state index in [9.17, 15) is 5.11 Å². The summed E-state index contributed by atoms with van der Waals surface area (Å²) in [4.78, 5) is 2.21. The molecule has 1 unspecified atom stereocenters. The van der Waals surface area contributed by atoms with Crippen LogP contribution in [0.15, 0.2) is 12.1 Å². The summed E-state index contributed by atoms with van der Waals surface area (Å²) in [5, 5.41) is 9.64. The molecular formula is C12H17NO2. The van der Waals surface area contributed by atoms with Gasteiger partial charge >= 0.3 is 0 Å². The second-order valence-electron chi connectivity index (χ2n) is 4.03. The minimum Gasteiger partial charge on any atom is -0.496 e. The van der Waals surface area contributed by atoms with Gasteiger partial charge in [0.15, 0.2) is 0 Å². The van der Waals surface area contributed by atoms with E-state index in [1.54, 1.807) is 14.0 Å². The third kappa shape index (κ3) is 1.57. The van der Waals surface area contributed by atoms with Gasteiger partial charge in [0.25, 0.3) is 0 Å². The Morgan fingerprint density at radius 2 is 2.20 bits per heavy atom. The zero-order chi connectivity index (χ0) is 11.0. The molecule has 3 nitrogen and oxygen atoms in total. The molecule has 2 rings (SSSR count). The number of rotatable bonds is 2. The number of aliphatic hydroxyl groups is 1. The number of fused-ring (bicyclic) bond motifs is 1. The third-order valence-corrected chi connectivity index (χ3v) is 3.03. The highest BCUT2D eigenvalue weighted by atomic mass is 16.5. The molecule has 1 N–H and O–H groups in total. The van der Waals surface area contributed by atoms with Gasteiger partial charge in [-0.2, -0.15) is 0 Å². The summed E-state index contributed by atoms with van der Waals surface area (Å²) in [6, 6.07) is 4.01. The van der Waals surface area contributed by atoms with Gasteiger partial charge in [-0.1, -0.05) is 6.07 Å². The number of hydrogen-bond acceptors (Lipinski definition) is 3. The number of nitrogens with zero attached hydrogens (tertiary/aromatic N) is 1. The van der Waals surface area contributed by atoms with Crippen LogP contribution in [0, 0.1) is 0 Å². The van der Waals surface area contributed by atoms with E-state index >= 15 is 0 Å². The molecule has 1 heterocycles. The quantitative estimate of drug-likeness (QED) is 0.801. The summed E-state index contributed by atoms with van der Waals surface area (Å²) in [6.45, 7) is 2.79. The van der Waals surface area contributed by atoms with Crippen molar-refractivity contribution < 1.29 is 9.84 Å². The van der Waals surface area contributed by atoms with Crippen LogP contribution in [0.2, 0.25) is 0 Å². The highest BCUT2D eigenvalue weighted by Gasteiger charge is 2.23. The van der Waals surface area contributed by atoms with Crippen molar-refractivity contribution in [2.45, 2.75) is 19.4 Å². The topological polar surface area (TPSA) is 32.7 Å². The van der Waals surface area contributed by atoms with Crippen LogP contribution in [0.3, 0.4) is 0 Å². The van der Waals surface area contributed by atoms with E-state index in [1.165, 1.54) is 11.3 Å². The molecule has 0 saturated carbocycles. The van der Waals surface area contributed by atoms with Crippen LogP contribution in [0.5, 0.6) is 5.75 Å². The van der Waals surface area contributed by atoms with Crippen LogP contribution >= 0.6 is 0 Å². The number of hydrogen-bond donors (Lipinski definition) is 1. The lowest BCUT2D eigenvalue weighted by atomic mass is 10.0. The van der Waals surface area contributed by atoms with Crippen LogP contribution in [0.4, 0.5) is 5.69 Å². The van der Waals surface area contributed by atoms with Crippen LogP contribution in [-0.2, 0) is 6.42 Å². The fourth-order valence-corrected chi connectivity index (χ4v) is 2.20. The first kappa shape index (κ1) is 10.3. The molecule has 0 saturated heterocycles.